The highest BCUT2D eigenvalue weighted by Crippen LogP contribution is 2.01. The number of rotatable bonds is 8. The molecule has 0 aliphatic heterocycles. The summed E-state index contributed by atoms with van der Waals surface area (Å²) in [6, 6.07) is 9.73. The molecule has 0 atom stereocenters. The number of hydrogen-bond acceptors (Lipinski definition) is 3. The lowest BCUT2D eigenvalue weighted by Crippen LogP contribution is -2.20. The molecule has 17 heavy (non-hydrogen) atoms. The highest BCUT2D eigenvalue weighted by Gasteiger charge is 2.02. The highest BCUT2D eigenvalue weighted by molar-refractivity contribution is 5.69. The smallest absolute Gasteiger partial charge is 0.307 e. The third-order valence-electron chi connectivity index (χ3n) is 2.46. The number of nitrogens with one attached hydrogen (secondary N) is 1. The Morgan fingerprint density at radius 2 is 2.00 bits per heavy atom. The van der Waals surface area contributed by atoms with E-state index in [1.165, 1.54) is 6.42 Å². The molecule has 0 aliphatic carbocycles. The molecule has 1 aromatic rings. The summed E-state index contributed by atoms with van der Waals surface area (Å²) in [7, 11) is 0. The maximum Gasteiger partial charge on any atom is 0.307 e. The number of carbonyl (C=O) groups is 1. The van der Waals surface area contributed by atoms with E-state index in [2.05, 4.69) is 12.2 Å². The average molecular weight is 235 g/mol. The van der Waals surface area contributed by atoms with Crippen molar-refractivity contribution in [2.45, 2.75) is 32.8 Å². The Morgan fingerprint density at radius 3 is 2.71 bits per heavy atom. The van der Waals surface area contributed by atoms with Crippen LogP contribution in [-0.2, 0) is 16.1 Å². The van der Waals surface area contributed by atoms with Gasteiger partial charge in [0.05, 0.1) is 6.42 Å². The second-order valence-electron chi connectivity index (χ2n) is 4.00. The van der Waals surface area contributed by atoms with Crippen LogP contribution in [0.25, 0.3) is 0 Å². The molecule has 0 spiro atoms. The Hall–Kier alpha value is -1.35. The second-order valence-corrected chi connectivity index (χ2v) is 4.00. The van der Waals surface area contributed by atoms with Gasteiger partial charge in [-0.2, -0.15) is 0 Å². The Kier molecular flexibility index (Phi) is 7.07. The van der Waals surface area contributed by atoms with Gasteiger partial charge < -0.3 is 10.1 Å². The van der Waals surface area contributed by atoms with Crippen LogP contribution in [0.1, 0.15) is 31.7 Å². The van der Waals surface area contributed by atoms with Crippen LogP contribution in [0.2, 0.25) is 0 Å². The third-order valence-corrected chi connectivity index (χ3v) is 2.46. The number of unbranched alkanes of at least 4 members (excludes halogenated alkanes) is 1. The van der Waals surface area contributed by atoms with Gasteiger partial charge in [-0.15, -0.1) is 0 Å². The summed E-state index contributed by atoms with van der Waals surface area (Å²) in [5, 5.41) is 3.21. The summed E-state index contributed by atoms with van der Waals surface area (Å²) >= 11 is 0. The van der Waals surface area contributed by atoms with Gasteiger partial charge in [-0.25, -0.2) is 0 Å². The fraction of sp³-hybridized carbons (Fsp3) is 0.500. The summed E-state index contributed by atoms with van der Waals surface area (Å²) in [5.74, 6) is -0.141. The van der Waals surface area contributed by atoms with Crippen LogP contribution >= 0.6 is 0 Å². The molecule has 94 valence electrons. The molecule has 3 nitrogen and oxygen atoms in total. The minimum absolute atomic E-state index is 0.141. The first-order chi connectivity index (χ1) is 8.33. The molecule has 1 aromatic carbocycles. The molecule has 0 aliphatic rings. The fourth-order valence-electron chi connectivity index (χ4n) is 1.43. The summed E-state index contributed by atoms with van der Waals surface area (Å²) in [5.41, 5.74) is 1.03. The zero-order valence-electron chi connectivity index (χ0n) is 10.4. The second kappa shape index (κ2) is 8.76. The van der Waals surface area contributed by atoms with Gasteiger partial charge in [-0.3, -0.25) is 4.79 Å². The van der Waals surface area contributed by atoms with E-state index in [9.17, 15) is 4.79 Å². The number of hydrogen-bond donors (Lipinski definition) is 1. The number of carbonyl (C=O) groups excluding carboxylic acids is 1. The molecule has 1 rings (SSSR count). The van der Waals surface area contributed by atoms with Crippen LogP contribution in [0.15, 0.2) is 30.3 Å². The number of benzene rings is 1. The van der Waals surface area contributed by atoms with Crippen molar-refractivity contribution in [3.63, 3.8) is 0 Å². The summed E-state index contributed by atoms with van der Waals surface area (Å²) < 4.78 is 5.16. The van der Waals surface area contributed by atoms with Gasteiger partial charge in [0.2, 0.25) is 0 Å². The van der Waals surface area contributed by atoms with Crippen molar-refractivity contribution in [3.8, 4) is 0 Å². The van der Waals surface area contributed by atoms with Crippen LogP contribution in [0, 0.1) is 0 Å². The van der Waals surface area contributed by atoms with Crippen molar-refractivity contribution < 1.29 is 9.53 Å². The Labute approximate surface area is 103 Å². The quantitative estimate of drug-likeness (QED) is 0.556. The molecular formula is C14H21NO2. The Morgan fingerprint density at radius 1 is 1.24 bits per heavy atom. The van der Waals surface area contributed by atoms with E-state index in [-0.39, 0.29) is 5.97 Å². The number of ether oxygens (including phenoxy) is 1. The predicted molar refractivity (Wildman–Crippen MR) is 68.6 cm³/mol. The standard InChI is InChI=1S/C14H21NO2/c1-2-3-10-15-11-9-14(16)17-12-13-7-5-4-6-8-13/h4-8,15H,2-3,9-12H2,1H3. The molecule has 0 amide bonds. The maximum atomic E-state index is 11.4. The molecule has 1 N–H and O–H groups in total. The minimum Gasteiger partial charge on any atom is -0.461 e. The van der Waals surface area contributed by atoms with E-state index in [4.69, 9.17) is 4.74 Å². The maximum absolute atomic E-state index is 11.4. The average Bonchev–Trinajstić information content (AvgIpc) is 2.37. The summed E-state index contributed by atoms with van der Waals surface area (Å²) in [4.78, 5) is 11.4. The van der Waals surface area contributed by atoms with Gasteiger partial charge in [0.15, 0.2) is 0 Å². The van der Waals surface area contributed by atoms with Crippen molar-refractivity contribution in [1.29, 1.82) is 0 Å². The van der Waals surface area contributed by atoms with E-state index in [1.807, 2.05) is 30.3 Å². The third kappa shape index (κ3) is 6.74. The van der Waals surface area contributed by atoms with E-state index in [0.29, 0.717) is 19.6 Å². The SMILES string of the molecule is CCCCNCCC(=O)OCc1ccccc1. The van der Waals surface area contributed by atoms with Gasteiger partial charge in [0.25, 0.3) is 0 Å². The first kappa shape index (κ1) is 13.7. The van der Waals surface area contributed by atoms with Crippen LogP contribution in [-0.4, -0.2) is 19.1 Å². The predicted octanol–water partition coefficient (Wildman–Crippen LogP) is 2.51. The lowest BCUT2D eigenvalue weighted by atomic mass is 10.2. The molecule has 0 radical (unpaired) electrons. The topological polar surface area (TPSA) is 38.3 Å². The van der Waals surface area contributed by atoms with E-state index in [1.54, 1.807) is 0 Å². The molecule has 0 bridgehead atoms. The monoisotopic (exact) mass is 235 g/mol. The van der Waals surface area contributed by atoms with Crippen molar-refractivity contribution in [2.24, 2.45) is 0 Å². The van der Waals surface area contributed by atoms with Gasteiger partial charge in [-0.05, 0) is 18.5 Å². The Bertz CT molecular complexity index is 311. The zero-order valence-corrected chi connectivity index (χ0v) is 10.4. The van der Waals surface area contributed by atoms with Gasteiger partial charge in [0, 0.05) is 6.54 Å². The van der Waals surface area contributed by atoms with Crippen molar-refractivity contribution in [3.05, 3.63) is 35.9 Å². The largest absolute Gasteiger partial charge is 0.461 e. The van der Waals surface area contributed by atoms with Crippen LogP contribution in [0.5, 0.6) is 0 Å². The minimum atomic E-state index is -0.141. The molecule has 0 heterocycles. The Balaban J connectivity index is 2.05. The van der Waals surface area contributed by atoms with Crippen LogP contribution in [0.4, 0.5) is 0 Å². The molecular weight excluding hydrogens is 214 g/mol. The zero-order chi connectivity index (χ0) is 12.3. The lowest BCUT2D eigenvalue weighted by Gasteiger charge is -2.05. The van der Waals surface area contributed by atoms with Gasteiger partial charge in [-0.1, -0.05) is 43.7 Å². The van der Waals surface area contributed by atoms with Crippen molar-refractivity contribution >= 4 is 5.97 Å². The first-order valence-electron chi connectivity index (χ1n) is 6.23. The molecule has 0 saturated heterocycles. The molecule has 0 unspecified atom stereocenters. The van der Waals surface area contributed by atoms with Crippen LogP contribution in [0.3, 0.4) is 0 Å². The molecule has 3 heteroatoms. The number of esters is 1. The van der Waals surface area contributed by atoms with E-state index >= 15 is 0 Å². The van der Waals surface area contributed by atoms with E-state index < -0.39 is 0 Å². The van der Waals surface area contributed by atoms with Gasteiger partial charge in [0.1, 0.15) is 6.61 Å². The van der Waals surface area contributed by atoms with E-state index in [0.717, 1.165) is 18.5 Å². The molecule has 0 saturated carbocycles. The van der Waals surface area contributed by atoms with Crippen LogP contribution < -0.4 is 5.32 Å². The highest BCUT2D eigenvalue weighted by atomic mass is 16.5. The van der Waals surface area contributed by atoms with Gasteiger partial charge >= 0.3 is 5.97 Å². The molecule has 0 fully saturated rings. The first-order valence-corrected chi connectivity index (χ1v) is 6.23. The lowest BCUT2D eigenvalue weighted by molar-refractivity contribution is -0.144. The summed E-state index contributed by atoms with van der Waals surface area (Å²) in [6.45, 7) is 4.19. The normalized spacial score (nSPS) is 10.2. The van der Waals surface area contributed by atoms with Crippen molar-refractivity contribution in [2.75, 3.05) is 13.1 Å². The van der Waals surface area contributed by atoms with Crippen molar-refractivity contribution in [1.82, 2.24) is 5.32 Å². The fourth-order valence-corrected chi connectivity index (χ4v) is 1.43. The summed E-state index contributed by atoms with van der Waals surface area (Å²) in [6.07, 6.45) is 2.76. The molecule has 0 aromatic heterocycles.